The van der Waals surface area contributed by atoms with Gasteiger partial charge in [-0.2, -0.15) is 26.3 Å². The highest BCUT2D eigenvalue weighted by Crippen LogP contribution is 2.38. The fourth-order valence-corrected chi connectivity index (χ4v) is 3.85. The van der Waals surface area contributed by atoms with Gasteiger partial charge in [0.2, 0.25) is 6.41 Å². The van der Waals surface area contributed by atoms with Crippen molar-refractivity contribution in [3.8, 4) is 0 Å². The molecule has 0 aromatic heterocycles. The topological polar surface area (TPSA) is 58.6 Å². The molecule has 2 atom stereocenters. The van der Waals surface area contributed by atoms with E-state index < -0.39 is 48.3 Å². The van der Waals surface area contributed by atoms with Crippen molar-refractivity contribution in [1.29, 1.82) is 0 Å². The number of amides is 3. The number of likely N-dealkylation sites (tertiary alicyclic amines) is 1. The van der Waals surface area contributed by atoms with Crippen LogP contribution in [0.25, 0.3) is 0 Å². The lowest BCUT2D eigenvalue weighted by Crippen LogP contribution is -2.49. The van der Waals surface area contributed by atoms with Crippen molar-refractivity contribution in [3.63, 3.8) is 0 Å². The summed E-state index contributed by atoms with van der Waals surface area (Å²) in [7, 11) is 0. The molecular weight excluding hydrogens is 454 g/mol. The molecular formula is C22H20F6N2O3. The van der Waals surface area contributed by atoms with Gasteiger partial charge in [-0.1, -0.05) is 30.3 Å². The third-order valence-electron chi connectivity index (χ3n) is 5.27. The summed E-state index contributed by atoms with van der Waals surface area (Å²) in [5, 5.41) is 2.06. The summed E-state index contributed by atoms with van der Waals surface area (Å²) < 4.78 is 84.6. The van der Waals surface area contributed by atoms with E-state index in [0.29, 0.717) is 37.1 Å². The first kappa shape index (κ1) is 24.6. The van der Waals surface area contributed by atoms with Crippen molar-refractivity contribution in [1.82, 2.24) is 10.2 Å². The van der Waals surface area contributed by atoms with Gasteiger partial charge in [-0.05, 0) is 42.2 Å². The molecule has 1 aliphatic rings. The Morgan fingerprint density at radius 1 is 1.03 bits per heavy atom. The Hall–Kier alpha value is -3.08. The average molecular weight is 474 g/mol. The fraction of sp³-hybridized carbons (Fsp3) is 0.364. The van der Waals surface area contributed by atoms with E-state index in [9.17, 15) is 35.9 Å². The number of carbonyl (C=O) groups is 2. The Labute approximate surface area is 185 Å². The van der Waals surface area contributed by atoms with E-state index in [1.165, 1.54) is 4.90 Å². The number of rotatable bonds is 5. The average Bonchev–Trinajstić information content (AvgIpc) is 2.76. The molecule has 0 bridgehead atoms. The molecule has 2 aromatic carbocycles. The Balaban J connectivity index is 1.89. The minimum Gasteiger partial charge on any atom is -0.371 e. The maximum Gasteiger partial charge on any atom is 0.416 e. The van der Waals surface area contributed by atoms with E-state index in [1.807, 2.05) is 0 Å². The quantitative estimate of drug-likeness (QED) is 0.472. The summed E-state index contributed by atoms with van der Waals surface area (Å²) in [6.45, 7) is -0.231. The van der Waals surface area contributed by atoms with Crippen molar-refractivity contribution >= 4 is 12.4 Å². The van der Waals surface area contributed by atoms with Crippen LogP contribution in [0, 0.1) is 0 Å². The Kier molecular flexibility index (Phi) is 7.31. The number of ether oxygens (including phenoxy) is 1. The molecule has 0 radical (unpaired) electrons. The molecule has 1 aliphatic heterocycles. The molecule has 1 heterocycles. The number of urea groups is 1. The van der Waals surface area contributed by atoms with Gasteiger partial charge in [0.05, 0.1) is 29.9 Å². The molecule has 0 aliphatic carbocycles. The summed E-state index contributed by atoms with van der Waals surface area (Å²) in [6, 6.07) is 8.57. The fourth-order valence-electron chi connectivity index (χ4n) is 3.85. The second-order valence-electron chi connectivity index (χ2n) is 7.52. The number of benzene rings is 2. The molecule has 33 heavy (non-hydrogen) atoms. The molecule has 3 amide bonds. The van der Waals surface area contributed by atoms with Crippen LogP contribution in [0.4, 0.5) is 31.1 Å². The molecule has 11 heteroatoms. The lowest BCUT2D eigenvalue weighted by atomic mass is 9.92. The smallest absolute Gasteiger partial charge is 0.371 e. The van der Waals surface area contributed by atoms with Crippen molar-refractivity contribution in [2.75, 3.05) is 6.54 Å². The predicted octanol–water partition coefficient (Wildman–Crippen LogP) is 5.31. The maximum absolute atomic E-state index is 13.1. The molecule has 3 rings (SSSR count). The number of nitrogens with one attached hydrogen (secondary N) is 1. The Bertz CT molecular complexity index is 946. The lowest BCUT2D eigenvalue weighted by molar-refractivity contribution is -0.143. The molecule has 5 nitrogen and oxygen atoms in total. The van der Waals surface area contributed by atoms with Gasteiger partial charge in [-0.3, -0.25) is 10.1 Å². The highest BCUT2D eigenvalue weighted by molar-refractivity contribution is 5.84. The second kappa shape index (κ2) is 9.82. The number of alkyl halides is 6. The maximum atomic E-state index is 13.1. The normalized spacial score (nSPS) is 19.3. The number of halogens is 6. The zero-order valence-corrected chi connectivity index (χ0v) is 17.1. The van der Waals surface area contributed by atoms with Gasteiger partial charge in [0, 0.05) is 6.54 Å². The number of nitrogens with zero attached hydrogens (tertiary/aromatic N) is 1. The molecule has 0 spiro atoms. The van der Waals surface area contributed by atoms with Crippen LogP contribution in [0.3, 0.4) is 0 Å². The third kappa shape index (κ3) is 6.04. The Morgan fingerprint density at radius 3 is 2.18 bits per heavy atom. The van der Waals surface area contributed by atoms with Crippen molar-refractivity contribution in [2.45, 2.75) is 43.9 Å². The summed E-state index contributed by atoms with van der Waals surface area (Å²) in [5.74, 6) is 0. The largest absolute Gasteiger partial charge is 0.416 e. The van der Waals surface area contributed by atoms with Crippen LogP contribution in [0.1, 0.15) is 41.1 Å². The lowest BCUT2D eigenvalue weighted by Gasteiger charge is -2.41. The van der Waals surface area contributed by atoms with Crippen molar-refractivity contribution in [3.05, 3.63) is 70.8 Å². The second-order valence-corrected chi connectivity index (χ2v) is 7.52. The van der Waals surface area contributed by atoms with Crippen LogP contribution >= 0.6 is 0 Å². The molecule has 2 aromatic rings. The van der Waals surface area contributed by atoms with Gasteiger partial charge in [0.1, 0.15) is 0 Å². The van der Waals surface area contributed by atoms with E-state index in [2.05, 4.69) is 5.32 Å². The SMILES string of the molecule is O=CNC(=O)N1CCC[C@@H](OCc2cc(C(F)(F)F)cc(C(F)(F)F)c2)[C@H]1c1ccccc1. The Morgan fingerprint density at radius 2 is 1.64 bits per heavy atom. The molecule has 1 fully saturated rings. The van der Waals surface area contributed by atoms with Crippen molar-refractivity contribution in [2.24, 2.45) is 0 Å². The monoisotopic (exact) mass is 474 g/mol. The van der Waals surface area contributed by atoms with E-state index in [0.717, 1.165) is 0 Å². The van der Waals surface area contributed by atoms with Gasteiger partial charge in [0.15, 0.2) is 0 Å². The summed E-state index contributed by atoms with van der Waals surface area (Å²) in [6.07, 6.45) is -9.53. The third-order valence-corrected chi connectivity index (χ3v) is 5.27. The van der Waals surface area contributed by atoms with E-state index in [-0.39, 0.29) is 18.0 Å². The molecule has 178 valence electrons. The number of carbonyl (C=O) groups excluding carboxylic acids is 2. The van der Waals surface area contributed by atoms with Gasteiger partial charge in [-0.15, -0.1) is 0 Å². The number of imide groups is 1. The minimum absolute atomic E-state index is 0.0579. The van der Waals surface area contributed by atoms with Crippen LogP contribution in [-0.4, -0.2) is 30.0 Å². The highest BCUT2D eigenvalue weighted by atomic mass is 19.4. The first-order valence-electron chi connectivity index (χ1n) is 9.96. The predicted molar refractivity (Wildman–Crippen MR) is 105 cm³/mol. The van der Waals surface area contributed by atoms with E-state index in [4.69, 9.17) is 4.74 Å². The van der Waals surface area contributed by atoms with Gasteiger partial charge in [-0.25, -0.2) is 4.79 Å². The number of piperidine rings is 1. The highest BCUT2D eigenvalue weighted by Gasteiger charge is 2.38. The van der Waals surface area contributed by atoms with Crippen LogP contribution in [0.15, 0.2) is 48.5 Å². The first-order valence-corrected chi connectivity index (χ1v) is 9.96. The van der Waals surface area contributed by atoms with Crippen LogP contribution in [-0.2, 0) is 28.5 Å². The minimum atomic E-state index is -4.96. The van der Waals surface area contributed by atoms with Gasteiger partial charge in [0.25, 0.3) is 0 Å². The van der Waals surface area contributed by atoms with Gasteiger partial charge >= 0.3 is 18.4 Å². The van der Waals surface area contributed by atoms with E-state index >= 15 is 0 Å². The zero-order valence-electron chi connectivity index (χ0n) is 17.1. The van der Waals surface area contributed by atoms with Gasteiger partial charge < -0.3 is 9.64 Å². The molecule has 1 saturated heterocycles. The zero-order chi connectivity index (χ0) is 24.2. The van der Waals surface area contributed by atoms with Crippen molar-refractivity contribution < 1.29 is 40.7 Å². The number of hydrogen-bond donors (Lipinski definition) is 1. The van der Waals surface area contributed by atoms with Crippen LogP contribution < -0.4 is 5.32 Å². The van der Waals surface area contributed by atoms with E-state index in [1.54, 1.807) is 30.3 Å². The molecule has 0 unspecified atom stereocenters. The van der Waals surface area contributed by atoms with Crippen LogP contribution in [0.5, 0.6) is 0 Å². The molecule has 1 N–H and O–H groups in total. The van der Waals surface area contributed by atoms with Crippen LogP contribution in [0.2, 0.25) is 0 Å². The molecule has 0 saturated carbocycles. The first-order chi connectivity index (χ1) is 15.5. The summed E-state index contributed by atoms with van der Waals surface area (Å²) >= 11 is 0. The summed E-state index contributed by atoms with van der Waals surface area (Å²) in [4.78, 5) is 24.5. The number of hydrogen-bond acceptors (Lipinski definition) is 3. The standard InChI is InChI=1S/C22H20F6N2O3/c23-21(24,25)16-9-14(10-17(11-16)22(26,27)28)12-33-18-7-4-8-30(20(32)29-13-31)19(18)15-5-2-1-3-6-15/h1-3,5-6,9-11,13,18-19H,4,7-8,12H2,(H,29,31,32)/t18-,19-/m1/s1. The summed E-state index contributed by atoms with van der Waals surface area (Å²) in [5.41, 5.74) is -2.49.